The number of aliphatic hydroxyl groups is 2. The Morgan fingerprint density at radius 1 is 1.25 bits per heavy atom. The molecule has 0 radical (unpaired) electrons. The Labute approximate surface area is 119 Å². The summed E-state index contributed by atoms with van der Waals surface area (Å²) in [6, 6.07) is 6.51. The normalized spacial score (nSPS) is 13.8. The summed E-state index contributed by atoms with van der Waals surface area (Å²) in [5.41, 5.74) is 6.64. The summed E-state index contributed by atoms with van der Waals surface area (Å²) in [4.78, 5) is 10.9. The molecular formula is C12H14N4O3S. The molecule has 0 fully saturated rings. The molecule has 2 atom stereocenters. The van der Waals surface area contributed by atoms with E-state index in [0.29, 0.717) is 11.3 Å². The fraction of sp³-hybridized carbons (Fsp3) is 0.250. The molecule has 0 bridgehead atoms. The average molecular weight is 294 g/mol. The van der Waals surface area contributed by atoms with Crippen LogP contribution in [-0.2, 0) is 4.79 Å². The van der Waals surface area contributed by atoms with Gasteiger partial charge in [0, 0.05) is 12.6 Å². The molecule has 7 nitrogen and oxygen atoms in total. The molecule has 0 aliphatic rings. The van der Waals surface area contributed by atoms with Crippen LogP contribution < -0.4 is 11.1 Å². The van der Waals surface area contributed by atoms with E-state index in [0.717, 1.165) is 11.3 Å². The summed E-state index contributed by atoms with van der Waals surface area (Å²) in [7, 11) is 0. The lowest BCUT2D eigenvalue weighted by Gasteiger charge is -2.15. The van der Waals surface area contributed by atoms with Crippen LogP contribution in [0.25, 0.3) is 0 Å². The van der Waals surface area contributed by atoms with Gasteiger partial charge in [0.15, 0.2) is 5.01 Å². The van der Waals surface area contributed by atoms with Crippen LogP contribution in [0.3, 0.4) is 0 Å². The van der Waals surface area contributed by atoms with Crippen LogP contribution in [-0.4, -0.2) is 26.3 Å². The first kappa shape index (κ1) is 14.4. The van der Waals surface area contributed by atoms with E-state index >= 15 is 0 Å². The van der Waals surface area contributed by atoms with Crippen LogP contribution in [0.1, 0.15) is 29.7 Å². The van der Waals surface area contributed by atoms with E-state index in [4.69, 9.17) is 5.73 Å². The van der Waals surface area contributed by atoms with Gasteiger partial charge in [0.2, 0.25) is 11.0 Å². The van der Waals surface area contributed by atoms with Gasteiger partial charge in [0.05, 0.1) is 0 Å². The predicted octanol–water partition coefficient (Wildman–Crippen LogP) is 0.846. The van der Waals surface area contributed by atoms with Gasteiger partial charge in [-0.1, -0.05) is 23.5 Å². The number of carbonyl (C=O) groups is 1. The van der Waals surface area contributed by atoms with E-state index in [9.17, 15) is 15.0 Å². The average Bonchev–Trinajstić information content (AvgIpc) is 2.85. The van der Waals surface area contributed by atoms with Crippen molar-refractivity contribution in [3.63, 3.8) is 0 Å². The number of carbonyl (C=O) groups excluding carboxylic acids is 1. The van der Waals surface area contributed by atoms with Crippen LogP contribution in [0.2, 0.25) is 0 Å². The van der Waals surface area contributed by atoms with Gasteiger partial charge in [-0.05, 0) is 17.7 Å². The summed E-state index contributed by atoms with van der Waals surface area (Å²) >= 11 is 1.01. The van der Waals surface area contributed by atoms with Crippen LogP contribution in [0, 0.1) is 0 Å². The van der Waals surface area contributed by atoms with Crippen molar-refractivity contribution >= 4 is 28.1 Å². The minimum atomic E-state index is -1.22. The van der Waals surface area contributed by atoms with E-state index in [1.165, 1.54) is 6.92 Å². The molecule has 5 N–H and O–H groups in total. The molecule has 0 unspecified atom stereocenters. The maximum atomic E-state index is 10.9. The van der Waals surface area contributed by atoms with Gasteiger partial charge < -0.3 is 21.3 Å². The SMILES string of the molecule is CC(=O)Nc1nnc([C@@H](O)[C@H](O)c2ccc(N)cc2)s1. The molecule has 0 saturated carbocycles. The zero-order chi connectivity index (χ0) is 14.7. The number of amides is 1. The Morgan fingerprint density at radius 3 is 2.50 bits per heavy atom. The van der Waals surface area contributed by atoms with Crippen molar-refractivity contribution < 1.29 is 15.0 Å². The Balaban J connectivity index is 2.13. The highest BCUT2D eigenvalue weighted by atomic mass is 32.1. The quantitative estimate of drug-likeness (QED) is 0.620. The lowest BCUT2D eigenvalue weighted by Crippen LogP contribution is -2.10. The van der Waals surface area contributed by atoms with Gasteiger partial charge in [0.25, 0.3) is 0 Å². The molecule has 8 heteroatoms. The Kier molecular flexibility index (Phi) is 4.28. The Hall–Kier alpha value is -2.03. The molecule has 2 aromatic rings. The van der Waals surface area contributed by atoms with Crippen molar-refractivity contribution in [2.75, 3.05) is 11.1 Å². The number of nitrogens with zero attached hydrogens (tertiary/aromatic N) is 2. The van der Waals surface area contributed by atoms with Gasteiger partial charge >= 0.3 is 0 Å². The number of nitrogens with one attached hydrogen (secondary N) is 1. The molecule has 0 saturated heterocycles. The number of anilines is 2. The van der Waals surface area contributed by atoms with E-state index < -0.39 is 12.2 Å². The zero-order valence-electron chi connectivity index (χ0n) is 10.6. The molecule has 1 aromatic heterocycles. The summed E-state index contributed by atoms with van der Waals surface area (Å²) in [5.74, 6) is -0.277. The van der Waals surface area contributed by atoms with Crippen LogP contribution >= 0.6 is 11.3 Å². The highest BCUT2D eigenvalue weighted by Gasteiger charge is 2.24. The summed E-state index contributed by atoms with van der Waals surface area (Å²) in [5, 5.41) is 30.6. The van der Waals surface area contributed by atoms with Crippen molar-refractivity contribution in [2.45, 2.75) is 19.1 Å². The molecule has 1 heterocycles. The summed E-state index contributed by atoms with van der Waals surface area (Å²) < 4.78 is 0. The van der Waals surface area contributed by atoms with Gasteiger partial charge in [-0.3, -0.25) is 4.79 Å². The smallest absolute Gasteiger partial charge is 0.223 e. The number of benzene rings is 1. The third-order valence-electron chi connectivity index (χ3n) is 2.55. The first-order chi connectivity index (χ1) is 9.47. The lowest BCUT2D eigenvalue weighted by atomic mass is 10.0. The third kappa shape index (κ3) is 3.29. The fourth-order valence-electron chi connectivity index (χ4n) is 1.57. The highest BCUT2D eigenvalue weighted by Crippen LogP contribution is 2.31. The van der Waals surface area contributed by atoms with Gasteiger partial charge in [-0.15, -0.1) is 10.2 Å². The first-order valence-electron chi connectivity index (χ1n) is 5.80. The third-order valence-corrected chi connectivity index (χ3v) is 3.46. The molecule has 1 amide bonds. The van der Waals surface area contributed by atoms with Crippen LogP contribution in [0.4, 0.5) is 10.8 Å². The summed E-state index contributed by atoms with van der Waals surface area (Å²) in [6.45, 7) is 1.35. The van der Waals surface area contributed by atoms with Gasteiger partial charge in [0.1, 0.15) is 12.2 Å². The van der Waals surface area contributed by atoms with E-state index in [2.05, 4.69) is 15.5 Å². The highest BCUT2D eigenvalue weighted by molar-refractivity contribution is 7.15. The number of aliphatic hydroxyl groups excluding tert-OH is 2. The van der Waals surface area contributed by atoms with Crippen LogP contribution in [0.5, 0.6) is 0 Å². The molecule has 106 valence electrons. The summed E-state index contributed by atoms with van der Waals surface area (Å²) in [6.07, 6.45) is -2.37. The predicted molar refractivity (Wildman–Crippen MR) is 75.0 cm³/mol. The minimum Gasteiger partial charge on any atom is -0.399 e. The zero-order valence-corrected chi connectivity index (χ0v) is 11.5. The molecule has 0 aliphatic heterocycles. The van der Waals surface area contributed by atoms with Gasteiger partial charge in [-0.25, -0.2) is 0 Å². The maximum Gasteiger partial charge on any atom is 0.223 e. The minimum absolute atomic E-state index is 0.220. The molecule has 20 heavy (non-hydrogen) atoms. The van der Waals surface area contributed by atoms with Crippen molar-refractivity contribution in [3.05, 3.63) is 34.8 Å². The van der Waals surface area contributed by atoms with E-state index in [1.807, 2.05) is 0 Å². The molecule has 0 aliphatic carbocycles. The molecule has 1 aromatic carbocycles. The first-order valence-corrected chi connectivity index (χ1v) is 6.61. The largest absolute Gasteiger partial charge is 0.399 e. The molecule has 2 rings (SSSR count). The number of nitrogen functional groups attached to an aromatic ring is 1. The molecular weight excluding hydrogens is 280 g/mol. The van der Waals surface area contributed by atoms with Crippen molar-refractivity contribution in [1.82, 2.24) is 10.2 Å². The van der Waals surface area contributed by atoms with E-state index in [1.54, 1.807) is 24.3 Å². The van der Waals surface area contributed by atoms with E-state index in [-0.39, 0.29) is 16.0 Å². The van der Waals surface area contributed by atoms with Crippen molar-refractivity contribution in [2.24, 2.45) is 0 Å². The molecule has 0 spiro atoms. The lowest BCUT2D eigenvalue weighted by molar-refractivity contribution is -0.114. The number of hydrogen-bond acceptors (Lipinski definition) is 7. The second-order valence-corrected chi connectivity index (χ2v) is 5.19. The Bertz CT molecular complexity index is 599. The second-order valence-electron chi connectivity index (χ2n) is 4.18. The maximum absolute atomic E-state index is 10.9. The second kappa shape index (κ2) is 5.95. The number of aromatic nitrogens is 2. The van der Waals surface area contributed by atoms with Crippen molar-refractivity contribution in [1.29, 1.82) is 0 Å². The Morgan fingerprint density at radius 2 is 1.90 bits per heavy atom. The fourth-order valence-corrected chi connectivity index (χ4v) is 2.37. The monoisotopic (exact) mass is 294 g/mol. The number of rotatable bonds is 4. The topological polar surface area (TPSA) is 121 Å². The van der Waals surface area contributed by atoms with Crippen LogP contribution in [0.15, 0.2) is 24.3 Å². The standard InChI is InChI=1S/C12H14N4O3S/c1-6(17)14-12-16-15-11(20-12)10(19)9(18)7-2-4-8(13)5-3-7/h2-5,9-10,18-19H,13H2,1H3,(H,14,16,17)/t9-,10+/m1/s1. The number of nitrogens with two attached hydrogens (primary N) is 1. The van der Waals surface area contributed by atoms with Crippen molar-refractivity contribution in [3.8, 4) is 0 Å². The van der Waals surface area contributed by atoms with Gasteiger partial charge in [-0.2, -0.15) is 0 Å². The number of hydrogen-bond donors (Lipinski definition) is 4.